The summed E-state index contributed by atoms with van der Waals surface area (Å²) >= 11 is 0. The number of methoxy groups -OCH3 is 1. The van der Waals surface area contributed by atoms with Crippen molar-refractivity contribution in [3.63, 3.8) is 0 Å². The van der Waals surface area contributed by atoms with Crippen LogP contribution >= 0.6 is 0 Å². The van der Waals surface area contributed by atoms with Crippen molar-refractivity contribution in [3.8, 4) is 0 Å². The van der Waals surface area contributed by atoms with Crippen LogP contribution in [0.4, 0.5) is 4.39 Å². The first kappa shape index (κ1) is 16.2. The minimum atomic E-state index is -1.64. The third-order valence-corrected chi connectivity index (χ3v) is 3.37. The first-order valence-corrected chi connectivity index (χ1v) is 7.21. The molecule has 0 bridgehead atoms. The molecule has 0 saturated carbocycles. The van der Waals surface area contributed by atoms with Crippen LogP contribution in [-0.2, 0) is 22.6 Å². The summed E-state index contributed by atoms with van der Waals surface area (Å²) in [4.78, 5) is 13.2. The SMILES string of the molecule is COC(=O)[C@@H](F)CN(Cc1ccccc1)Cc1ccccc1. The summed E-state index contributed by atoms with van der Waals surface area (Å²) in [6.45, 7) is 1.16. The van der Waals surface area contributed by atoms with E-state index < -0.39 is 12.1 Å². The van der Waals surface area contributed by atoms with Gasteiger partial charge in [-0.25, -0.2) is 9.18 Å². The number of hydrogen-bond acceptors (Lipinski definition) is 3. The lowest BCUT2D eigenvalue weighted by Crippen LogP contribution is -2.34. The molecule has 0 saturated heterocycles. The van der Waals surface area contributed by atoms with Gasteiger partial charge in [-0.1, -0.05) is 60.7 Å². The maximum atomic E-state index is 13.9. The van der Waals surface area contributed by atoms with Crippen LogP contribution in [0.1, 0.15) is 11.1 Å². The van der Waals surface area contributed by atoms with E-state index in [1.807, 2.05) is 65.6 Å². The average Bonchev–Trinajstić information content (AvgIpc) is 2.55. The summed E-state index contributed by atoms with van der Waals surface area (Å²) in [6.07, 6.45) is -1.64. The fourth-order valence-corrected chi connectivity index (χ4v) is 2.30. The zero-order chi connectivity index (χ0) is 15.8. The predicted molar refractivity (Wildman–Crippen MR) is 83.9 cm³/mol. The van der Waals surface area contributed by atoms with E-state index in [0.717, 1.165) is 11.1 Å². The van der Waals surface area contributed by atoms with Gasteiger partial charge in [0, 0.05) is 19.6 Å². The number of nitrogens with zero attached hydrogens (tertiary/aromatic N) is 1. The average molecular weight is 301 g/mol. The monoisotopic (exact) mass is 301 g/mol. The van der Waals surface area contributed by atoms with Crippen molar-refractivity contribution in [1.82, 2.24) is 4.90 Å². The molecule has 0 aromatic heterocycles. The van der Waals surface area contributed by atoms with Crippen molar-refractivity contribution < 1.29 is 13.9 Å². The van der Waals surface area contributed by atoms with Crippen LogP contribution in [0.2, 0.25) is 0 Å². The quantitative estimate of drug-likeness (QED) is 0.736. The van der Waals surface area contributed by atoms with Crippen LogP contribution in [-0.4, -0.2) is 30.7 Å². The highest BCUT2D eigenvalue weighted by Crippen LogP contribution is 2.12. The van der Waals surface area contributed by atoms with Crippen LogP contribution in [0.15, 0.2) is 60.7 Å². The summed E-state index contributed by atoms with van der Waals surface area (Å²) in [6, 6.07) is 19.6. The lowest BCUT2D eigenvalue weighted by molar-refractivity contribution is -0.147. The smallest absolute Gasteiger partial charge is 0.341 e. The van der Waals surface area contributed by atoms with Crippen molar-refractivity contribution >= 4 is 5.97 Å². The Balaban J connectivity index is 2.07. The Morgan fingerprint density at radius 2 is 1.45 bits per heavy atom. The number of rotatable bonds is 7. The van der Waals surface area contributed by atoms with Crippen molar-refractivity contribution in [3.05, 3.63) is 71.8 Å². The third kappa shape index (κ3) is 4.97. The second-order valence-corrected chi connectivity index (χ2v) is 5.13. The molecule has 0 N–H and O–H groups in total. The Bertz CT molecular complexity index is 533. The first-order chi connectivity index (χ1) is 10.7. The minimum Gasteiger partial charge on any atom is -0.467 e. The molecule has 0 spiro atoms. The van der Waals surface area contributed by atoms with Gasteiger partial charge < -0.3 is 4.74 Å². The molecule has 3 nitrogen and oxygen atoms in total. The number of benzene rings is 2. The van der Waals surface area contributed by atoms with Gasteiger partial charge >= 0.3 is 5.97 Å². The summed E-state index contributed by atoms with van der Waals surface area (Å²) in [5.41, 5.74) is 2.16. The van der Waals surface area contributed by atoms with E-state index in [2.05, 4.69) is 4.74 Å². The molecule has 0 aliphatic carbocycles. The number of alkyl halides is 1. The Hall–Kier alpha value is -2.20. The van der Waals surface area contributed by atoms with Crippen molar-refractivity contribution in [1.29, 1.82) is 0 Å². The Morgan fingerprint density at radius 1 is 1.00 bits per heavy atom. The summed E-state index contributed by atoms with van der Waals surface area (Å²) in [5, 5.41) is 0. The van der Waals surface area contributed by atoms with Crippen molar-refractivity contribution in [2.75, 3.05) is 13.7 Å². The zero-order valence-electron chi connectivity index (χ0n) is 12.6. The highest BCUT2D eigenvalue weighted by atomic mass is 19.1. The molecule has 2 aromatic carbocycles. The van der Waals surface area contributed by atoms with E-state index in [1.54, 1.807) is 0 Å². The second-order valence-electron chi connectivity index (χ2n) is 5.13. The molecular weight excluding hydrogens is 281 g/mol. The summed E-state index contributed by atoms with van der Waals surface area (Å²) in [7, 11) is 1.20. The standard InChI is InChI=1S/C18H20FNO2/c1-22-18(21)17(19)14-20(12-15-8-4-2-5-9-15)13-16-10-6-3-7-11-16/h2-11,17H,12-14H2,1H3/t17-/m0/s1. The van der Waals surface area contributed by atoms with Crippen LogP contribution in [0, 0.1) is 0 Å². The molecule has 0 aliphatic heterocycles. The molecule has 116 valence electrons. The fraction of sp³-hybridized carbons (Fsp3) is 0.278. The molecule has 0 amide bonds. The van der Waals surface area contributed by atoms with Crippen LogP contribution < -0.4 is 0 Å². The van der Waals surface area contributed by atoms with E-state index in [0.29, 0.717) is 13.1 Å². The van der Waals surface area contributed by atoms with Crippen molar-refractivity contribution in [2.45, 2.75) is 19.3 Å². The molecular formula is C18H20FNO2. The molecule has 0 fully saturated rings. The van der Waals surface area contributed by atoms with Gasteiger partial charge in [0.15, 0.2) is 0 Å². The zero-order valence-corrected chi connectivity index (χ0v) is 12.6. The molecule has 2 aromatic rings. The molecule has 0 heterocycles. The van der Waals surface area contributed by atoms with Crippen molar-refractivity contribution in [2.24, 2.45) is 0 Å². The Kier molecular flexibility index (Phi) is 6.10. The largest absolute Gasteiger partial charge is 0.467 e. The minimum absolute atomic E-state index is 0.0104. The molecule has 2 rings (SSSR count). The fourth-order valence-electron chi connectivity index (χ4n) is 2.30. The van der Waals surface area contributed by atoms with Crippen LogP contribution in [0.5, 0.6) is 0 Å². The normalized spacial score (nSPS) is 12.1. The van der Waals surface area contributed by atoms with E-state index in [1.165, 1.54) is 7.11 Å². The van der Waals surface area contributed by atoms with E-state index in [4.69, 9.17) is 0 Å². The highest BCUT2D eigenvalue weighted by Gasteiger charge is 2.21. The number of esters is 1. The van der Waals surface area contributed by atoms with Crippen LogP contribution in [0.25, 0.3) is 0 Å². The second kappa shape index (κ2) is 8.29. The highest BCUT2D eigenvalue weighted by molar-refractivity contribution is 5.74. The molecule has 0 aliphatic rings. The molecule has 22 heavy (non-hydrogen) atoms. The van der Waals surface area contributed by atoms with Gasteiger partial charge in [-0.2, -0.15) is 0 Å². The van der Waals surface area contributed by atoms with Gasteiger partial charge in [-0.3, -0.25) is 4.90 Å². The van der Waals surface area contributed by atoms with E-state index in [-0.39, 0.29) is 6.54 Å². The number of carbonyl (C=O) groups excluding carboxylic acids is 1. The van der Waals surface area contributed by atoms with Gasteiger partial charge in [0.25, 0.3) is 0 Å². The molecule has 4 heteroatoms. The first-order valence-electron chi connectivity index (χ1n) is 7.21. The number of carbonyl (C=O) groups is 1. The van der Waals surface area contributed by atoms with Gasteiger partial charge in [0.05, 0.1) is 7.11 Å². The summed E-state index contributed by atoms with van der Waals surface area (Å²) in [5.74, 6) is -0.828. The predicted octanol–water partition coefficient (Wildman–Crippen LogP) is 3.20. The Labute approximate surface area is 130 Å². The number of halogens is 1. The van der Waals surface area contributed by atoms with Crippen LogP contribution in [0.3, 0.4) is 0 Å². The number of ether oxygens (including phenoxy) is 1. The molecule has 1 atom stereocenters. The van der Waals surface area contributed by atoms with E-state index in [9.17, 15) is 9.18 Å². The van der Waals surface area contributed by atoms with Gasteiger partial charge in [0.1, 0.15) is 0 Å². The molecule has 0 unspecified atom stereocenters. The van der Waals surface area contributed by atoms with Gasteiger partial charge in [-0.05, 0) is 11.1 Å². The lowest BCUT2D eigenvalue weighted by Gasteiger charge is -2.23. The Morgan fingerprint density at radius 3 is 1.86 bits per heavy atom. The maximum Gasteiger partial charge on any atom is 0.341 e. The van der Waals surface area contributed by atoms with Gasteiger partial charge in [-0.15, -0.1) is 0 Å². The molecule has 0 radical (unpaired) electrons. The number of hydrogen-bond donors (Lipinski definition) is 0. The lowest BCUT2D eigenvalue weighted by atomic mass is 10.1. The van der Waals surface area contributed by atoms with Gasteiger partial charge in [0.2, 0.25) is 6.17 Å². The topological polar surface area (TPSA) is 29.5 Å². The third-order valence-electron chi connectivity index (χ3n) is 3.37. The maximum absolute atomic E-state index is 13.9. The van der Waals surface area contributed by atoms with E-state index >= 15 is 0 Å². The summed E-state index contributed by atoms with van der Waals surface area (Å²) < 4.78 is 18.4.